The van der Waals surface area contributed by atoms with Crippen LogP contribution in [-0.2, 0) is 6.42 Å². The highest BCUT2D eigenvalue weighted by atomic mass is 16.6. The standard InChI is InChI=1S/C13H13N5O3/c14-12-11(7-10(8-17-12)18(20)21)13(19)16-6-4-9-3-1-2-5-15-9/h1-3,5,7-8H,4,6H2,(H2,14,17)(H,16,19). The van der Waals surface area contributed by atoms with Gasteiger partial charge in [-0.1, -0.05) is 6.07 Å². The van der Waals surface area contributed by atoms with Crippen molar-refractivity contribution in [3.05, 3.63) is 58.0 Å². The summed E-state index contributed by atoms with van der Waals surface area (Å²) in [6.45, 7) is 0.345. The highest BCUT2D eigenvalue weighted by Gasteiger charge is 2.16. The molecule has 21 heavy (non-hydrogen) atoms. The Morgan fingerprint density at radius 2 is 2.19 bits per heavy atom. The van der Waals surface area contributed by atoms with Gasteiger partial charge in [-0.25, -0.2) is 4.98 Å². The number of carbonyl (C=O) groups is 1. The average Bonchev–Trinajstić information content (AvgIpc) is 2.48. The Hall–Kier alpha value is -3.03. The molecule has 0 saturated carbocycles. The molecule has 0 aliphatic heterocycles. The number of pyridine rings is 2. The van der Waals surface area contributed by atoms with Gasteiger partial charge in [0.05, 0.1) is 10.5 Å². The summed E-state index contributed by atoms with van der Waals surface area (Å²) >= 11 is 0. The van der Waals surface area contributed by atoms with Gasteiger partial charge in [-0.2, -0.15) is 0 Å². The third kappa shape index (κ3) is 3.72. The fraction of sp³-hybridized carbons (Fsp3) is 0.154. The summed E-state index contributed by atoms with van der Waals surface area (Å²) in [6.07, 6.45) is 3.23. The molecule has 0 aliphatic rings. The van der Waals surface area contributed by atoms with E-state index >= 15 is 0 Å². The second-order valence-electron chi connectivity index (χ2n) is 4.21. The van der Waals surface area contributed by atoms with Crippen molar-refractivity contribution in [2.45, 2.75) is 6.42 Å². The number of nitrogens with zero attached hydrogens (tertiary/aromatic N) is 3. The van der Waals surface area contributed by atoms with Crippen molar-refractivity contribution < 1.29 is 9.72 Å². The smallest absolute Gasteiger partial charge is 0.288 e. The molecule has 0 bridgehead atoms. The molecule has 8 heteroatoms. The maximum Gasteiger partial charge on any atom is 0.288 e. The van der Waals surface area contributed by atoms with Crippen molar-refractivity contribution in [3.8, 4) is 0 Å². The number of nitro groups is 1. The number of aromatic nitrogens is 2. The predicted molar refractivity (Wildman–Crippen MR) is 75.6 cm³/mol. The fourth-order valence-corrected chi connectivity index (χ4v) is 1.69. The van der Waals surface area contributed by atoms with Gasteiger partial charge in [0.2, 0.25) is 0 Å². The Bertz CT molecular complexity index is 660. The second kappa shape index (κ2) is 6.42. The molecule has 0 unspecified atom stereocenters. The van der Waals surface area contributed by atoms with E-state index in [0.29, 0.717) is 13.0 Å². The minimum atomic E-state index is -0.628. The summed E-state index contributed by atoms with van der Waals surface area (Å²) in [6, 6.07) is 6.61. The molecule has 0 fully saturated rings. The molecule has 0 radical (unpaired) electrons. The molecule has 2 heterocycles. The van der Waals surface area contributed by atoms with Gasteiger partial charge in [0.25, 0.3) is 11.6 Å². The van der Waals surface area contributed by atoms with Gasteiger partial charge < -0.3 is 11.1 Å². The molecule has 0 spiro atoms. The fourth-order valence-electron chi connectivity index (χ4n) is 1.69. The second-order valence-corrected chi connectivity index (χ2v) is 4.21. The monoisotopic (exact) mass is 287 g/mol. The number of anilines is 1. The quantitative estimate of drug-likeness (QED) is 0.623. The highest BCUT2D eigenvalue weighted by molar-refractivity contribution is 5.98. The molecule has 1 amide bonds. The number of carbonyl (C=O) groups excluding carboxylic acids is 1. The van der Waals surface area contributed by atoms with Crippen molar-refractivity contribution in [2.24, 2.45) is 0 Å². The maximum atomic E-state index is 12.0. The van der Waals surface area contributed by atoms with E-state index in [9.17, 15) is 14.9 Å². The first-order chi connectivity index (χ1) is 10.1. The zero-order valence-electron chi connectivity index (χ0n) is 11.0. The van der Waals surface area contributed by atoms with Gasteiger partial charge in [0.15, 0.2) is 0 Å². The van der Waals surface area contributed by atoms with E-state index in [2.05, 4.69) is 15.3 Å². The van der Waals surface area contributed by atoms with Crippen LogP contribution >= 0.6 is 0 Å². The lowest BCUT2D eigenvalue weighted by Crippen LogP contribution is -2.27. The summed E-state index contributed by atoms with van der Waals surface area (Å²) in [5.74, 6) is -0.546. The van der Waals surface area contributed by atoms with Crippen LogP contribution in [0, 0.1) is 10.1 Å². The first-order valence-electron chi connectivity index (χ1n) is 6.16. The van der Waals surface area contributed by atoms with Gasteiger partial charge in [-0.15, -0.1) is 0 Å². The van der Waals surface area contributed by atoms with Crippen LogP contribution in [0.15, 0.2) is 36.7 Å². The first-order valence-corrected chi connectivity index (χ1v) is 6.16. The Kier molecular flexibility index (Phi) is 4.39. The predicted octanol–water partition coefficient (Wildman–Crippen LogP) is 0.939. The molecular formula is C13H13N5O3. The van der Waals surface area contributed by atoms with E-state index < -0.39 is 10.8 Å². The number of amides is 1. The van der Waals surface area contributed by atoms with E-state index in [1.807, 2.05) is 12.1 Å². The molecule has 2 rings (SSSR count). The zero-order valence-corrected chi connectivity index (χ0v) is 11.0. The van der Waals surface area contributed by atoms with Crippen LogP contribution < -0.4 is 11.1 Å². The Morgan fingerprint density at radius 3 is 2.86 bits per heavy atom. The summed E-state index contributed by atoms with van der Waals surface area (Å²) < 4.78 is 0. The number of rotatable bonds is 5. The Balaban J connectivity index is 2.00. The Morgan fingerprint density at radius 1 is 1.38 bits per heavy atom. The SMILES string of the molecule is Nc1ncc([N+](=O)[O-])cc1C(=O)NCCc1ccccn1. The molecule has 0 atom stereocenters. The third-order valence-corrected chi connectivity index (χ3v) is 2.75. The van der Waals surface area contributed by atoms with Crippen molar-refractivity contribution in [1.82, 2.24) is 15.3 Å². The van der Waals surface area contributed by atoms with Crippen molar-refractivity contribution >= 4 is 17.4 Å². The topological polar surface area (TPSA) is 124 Å². The lowest BCUT2D eigenvalue weighted by Gasteiger charge is -2.06. The van der Waals surface area contributed by atoms with Crippen LogP contribution in [-0.4, -0.2) is 27.3 Å². The number of hydrogen-bond acceptors (Lipinski definition) is 6. The van der Waals surface area contributed by atoms with Crippen LogP contribution in [0.4, 0.5) is 11.5 Å². The van der Waals surface area contributed by atoms with Crippen molar-refractivity contribution in [2.75, 3.05) is 12.3 Å². The maximum absolute atomic E-state index is 12.0. The van der Waals surface area contributed by atoms with Gasteiger partial charge in [-0.05, 0) is 12.1 Å². The van der Waals surface area contributed by atoms with E-state index in [0.717, 1.165) is 18.0 Å². The van der Waals surface area contributed by atoms with Crippen LogP contribution in [0.5, 0.6) is 0 Å². The van der Waals surface area contributed by atoms with Gasteiger partial charge in [0, 0.05) is 30.9 Å². The molecule has 0 aromatic carbocycles. The van der Waals surface area contributed by atoms with E-state index in [-0.39, 0.29) is 17.1 Å². The van der Waals surface area contributed by atoms with E-state index in [4.69, 9.17) is 5.73 Å². The molecule has 8 nitrogen and oxygen atoms in total. The lowest BCUT2D eigenvalue weighted by molar-refractivity contribution is -0.385. The number of nitrogen functional groups attached to an aromatic ring is 1. The molecule has 108 valence electrons. The molecule has 0 saturated heterocycles. The third-order valence-electron chi connectivity index (χ3n) is 2.75. The number of nitrogens with one attached hydrogen (secondary N) is 1. The summed E-state index contributed by atoms with van der Waals surface area (Å²) in [5, 5.41) is 13.3. The largest absolute Gasteiger partial charge is 0.383 e. The van der Waals surface area contributed by atoms with Crippen molar-refractivity contribution in [1.29, 1.82) is 0 Å². The van der Waals surface area contributed by atoms with Crippen LogP contribution in [0.2, 0.25) is 0 Å². The molecular weight excluding hydrogens is 274 g/mol. The van der Waals surface area contributed by atoms with Gasteiger partial charge in [0.1, 0.15) is 12.0 Å². The van der Waals surface area contributed by atoms with Gasteiger partial charge in [-0.3, -0.25) is 19.9 Å². The molecule has 2 aromatic heterocycles. The van der Waals surface area contributed by atoms with E-state index in [1.54, 1.807) is 12.3 Å². The van der Waals surface area contributed by atoms with E-state index in [1.165, 1.54) is 0 Å². The molecule has 2 aromatic rings. The first kappa shape index (κ1) is 14.4. The minimum Gasteiger partial charge on any atom is -0.383 e. The number of hydrogen-bond donors (Lipinski definition) is 2. The summed E-state index contributed by atoms with van der Waals surface area (Å²) in [4.78, 5) is 29.8. The lowest BCUT2D eigenvalue weighted by atomic mass is 10.2. The van der Waals surface area contributed by atoms with Crippen LogP contribution in [0.1, 0.15) is 16.1 Å². The zero-order chi connectivity index (χ0) is 15.2. The summed E-state index contributed by atoms with van der Waals surface area (Å²) in [7, 11) is 0. The average molecular weight is 287 g/mol. The van der Waals surface area contributed by atoms with Crippen LogP contribution in [0.25, 0.3) is 0 Å². The minimum absolute atomic E-state index is 0.00905. The molecule has 0 aliphatic carbocycles. The highest BCUT2D eigenvalue weighted by Crippen LogP contribution is 2.16. The normalized spacial score (nSPS) is 10.1. The van der Waals surface area contributed by atoms with Crippen LogP contribution in [0.3, 0.4) is 0 Å². The number of nitrogens with two attached hydrogens (primary N) is 1. The van der Waals surface area contributed by atoms with Crippen molar-refractivity contribution in [3.63, 3.8) is 0 Å². The van der Waals surface area contributed by atoms with Gasteiger partial charge >= 0.3 is 0 Å². The summed E-state index contributed by atoms with van der Waals surface area (Å²) in [5.41, 5.74) is 6.11. The Labute approximate surface area is 120 Å². The molecule has 3 N–H and O–H groups in total.